The van der Waals surface area contributed by atoms with Crippen molar-refractivity contribution in [1.82, 2.24) is 4.72 Å². The molecular weight excluding hydrogens is 342 g/mol. The van der Waals surface area contributed by atoms with E-state index in [9.17, 15) is 18.6 Å². The van der Waals surface area contributed by atoms with Crippen LogP contribution in [0.1, 0.15) is 45.4 Å². The zero-order valence-corrected chi connectivity index (χ0v) is 14.7. The van der Waals surface area contributed by atoms with Gasteiger partial charge in [0.15, 0.2) is 6.29 Å². The fraction of sp³-hybridized carbons (Fsp3) is 1.00. The minimum Gasteiger partial charge on any atom is -0.394 e. The molecule has 0 aromatic heterocycles. The van der Waals surface area contributed by atoms with Crippen molar-refractivity contribution < 1.29 is 37.8 Å². The lowest BCUT2D eigenvalue weighted by molar-refractivity contribution is -0.268. The summed E-state index contributed by atoms with van der Waals surface area (Å²) in [4.78, 5) is 0. The average Bonchev–Trinajstić information content (AvgIpc) is 2.51. The van der Waals surface area contributed by atoms with E-state index in [1.807, 2.05) is 0 Å². The topological polar surface area (TPSA) is 146 Å². The summed E-state index contributed by atoms with van der Waals surface area (Å²) in [6, 6.07) is -1.38. The van der Waals surface area contributed by atoms with Crippen LogP contribution in [0.2, 0.25) is 0 Å². The SMILES string of the molecule is CCCCCCCCO[C@H]1O[C@H](CO)[C@@H](O)[C@H](O)[C@H]1NS(=O)(=O)O. The molecule has 0 saturated carbocycles. The Morgan fingerprint density at radius 2 is 1.71 bits per heavy atom. The molecule has 1 heterocycles. The van der Waals surface area contributed by atoms with Crippen LogP contribution in [0.5, 0.6) is 0 Å². The Morgan fingerprint density at radius 3 is 2.29 bits per heavy atom. The van der Waals surface area contributed by atoms with Gasteiger partial charge < -0.3 is 24.8 Å². The number of aliphatic hydroxyl groups is 3. The van der Waals surface area contributed by atoms with Crippen molar-refractivity contribution in [3.8, 4) is 0 Å². The van der Waals surface area contributed by atoms with E-state index in [0.29, 0.717) is 0 Å². The third kappa shape index (κ3) is 7.28. The van der Waals surface area contributed by atoms with Gasteiger partial charge in [-0.1, -0.05) is 39.0 Å². The summed E-state index contributed by atoms with van der Waals surface area (Å²) in [5, 5.41) is 29.0. The van der Waals surface area contributed by atoms with Crippen LogP contribution in [0.15, 0.2) is 0 Å². The summed E-state index contributed by atoms with van der Waals surface area (Å²) in [5.74, 6) is 0. The maximum absolute atomic E-state index is 11.0. The molecule has 1 rings (SSSR count). The van der Waals surface area contributed by atoms with E-state index in [1.165, 1.54) is 6.42 Å². The Hall–Kier alpha value is -0.330. The zero-order valence-electron chi connectivity index (χ0n) is 13.9. The number of unbranched alkanes of at least 4 members (excludes halogenated alkanes) is 5. The number of ether oxygens (including phenoxy) is 2. The molecule has 0 radical (unpaired) electrons. The van der Waals surface area contributed by atoms with Crippen molar-refractivity contribution in [1.29, 1.82) is 0 Å². The van der Waals surface area contributed by atoms with Crippen LogP contribution < -0.4 is 4.72 Å². The average molecular weight is 371 g/mol. The number of aliphatic hydroxyl groups excluding tert-OH is 3. The molecule has 5 atom stereocenters. The van der Waals surface area contributed by atoms with Crippen molar-refractivity contribution in [3.05, 3.63) is 0 Å². The van der Waals surface area contributed by atoms with Gasteiger partial charge >= 0.3 is 10.3 Å². The highest BCUT2D eigenvalue weighted by atomic mass is 32.2. The van der Waals surface area contributed by atoms with Gasteiger partial charge in [0.05, 0.1) is 6.61 Å². The molecule has 9 nitrogen and oxygen atoms in total. The lowest BCUT2D eigenvalue weighted by Gasteiger charge is -2.41. The second-order valence-electron chi connectivity index (χ2n) is 5.96. The van der Waals surface area contributed by atoms with Crippen LogP contribution in [-0.4, -0.2) is 72.1 Å². The van der Waals surface area contributed by atoms with E-state index in [2.05, 4.69) is 6.92 Å². The van der Waals surface area contributed by atoms with E-state index < -0.39 is 47.6 Å². The van der Waals surface area contributed by atoms with E-state index in [4.69, 9.17) is 19.1 Å². The van der Waals surface area contributed by atoms with Crippen molar-refractivity contribution in [3.63, 3.8) is 0 Å². The van der Waals surface area contributed by atoms with Crippen LogP contribution >= 0.6 is 0 Å². The van der Waals surface area contributed by atoms with Gasteiger partial charge in [0.2, 0.25) is 0 Å². The molecule has 1 aliphatic heterocycles. The summed E-state index contributed by atoms with van der Waals surface area (Å²) in [6.07, 6.45) is 0.773. The fourth-order valence-corrected chi connectivity index (χ4v) is 3.20. The van der Waals surface area contributed by atoms with Crippen molar-refractivity contribution in [2.24, 2.45) is 0 Å². The van der Waals surface area contributed by atoms with Crippen molar-refractivity contribution in [2.75, 3.05) is 13.2 Å². The summed E-state index contributed by atoms with van der Waals surface area (Å²) in [6.45, 7) is 1.83. The van der Waals surface area contributed by atoms with Gasteiger partial charge in [-0.3, -0.25) is 4.55 Å². The van der Waals surface area contributed by atoms with Gasteiger partial charge in [-0.05, 0) is 6.42 Å². The highest BCUT2D eigenvalue weighted by Gasteiger charge is 2.46. The first kappa shape index (κ1) is 21.7. The van der Waals surface area contributed by atoms with Crippen LogP contribution in [0.3, 0.4) is 0 Å². The number of hydrogen-bond donors (Lipinski definition) is 5. The summed E-state index contributed by atoms with van der Waals surface area (Å²) in [5.41, 5.74) is 0. The summed E-state index contributed by atoms with van der Waals surface area (Å²) in [7, 11) is -4.63. The van der Waals surface area contributed by atoms with Crippen molar-refractivity contribution in [2.45, 2.75) is 76.1 Å². The molecule has 0 aliphatic carbocycles. The third-order valence-electron chi connectivity index (χ3n) is 3.95. The normalized spacial score (nSPS) is 31.3. The first-order chi connectivity index (χ1) is 11.3. The van der Waals surface area contributed by atoms with Gasteiger partial charge in [-0.25, -0.2) is 0 Å². The second kappa shape index (κ2) is 10.6. The molecule has 1 fully saturated rings. The molecular formula is C14H29NO8S. The lowest BCUT2D eigenvalue weighted by Crippen LogP contribution is -2.64. The third-order valence-corrected chi connectivity index (χ3v) is 4.52. The van der Waals surface area contributed by atoms with Gasteiger partial charge in [-0.2, -0.15) is 13.1 Å². The quantitative estimate of drug-likeness (QED) is 0.243. The molecule has 0 amide bonds. The monoisotopic (exact) mass is 371 g/mol. The maximum Gasteiger partial charge on any atom is 0.333 e. The minimum absolute atomic E-state index is 0.265. The maximum atomic E-state index is 11.0. The molecule has 5 N–H and O–H groups in total. The van der Waals surface area contributed by atoms with Crippen molar-refractivity contribution >= 4 is 10.3 Å². The molecule has 0 spiro atoms. The Kier molecular flexibility index (Phi) is 9.60. The zero-order chi connectivity index (χ0) is 18.2. The van der Waals surface area contributed by atoms with E-state index >= 15 is 0 Å². The molecule has 1 saturated heterocycles. The predicted molar refractivity (Wildman–Crippen MR) is 85.6 cm³/mol. The molecule has 24 heavy (non-hydrogen) atoms. The predicted octanol–water partition coefficient (Wildman–Crippen LogP) is -0.436. The summed E-state index contributed by atoms with van der Waals surface area (Å²) < 4.78 is 43.5. The largest absolute Gasteiger partial charge is 0.394 e. The first-order valence-corrected chi connectivity index (χ1v) is 9.73. The number of hydrogen-bond acceptors (Lipinski definition) is 7. The standard InChI is InChI=1S/C14H29NO8S/c1-2-3-4-5-6-7-8-22-14-11(15-24(19,20)21)13(18)12(17)10(9-16)23-14/h10-18H,2-9H2,1H3,(H,19,20,21)/t10-,11-,12-,13-,14+/m1/s1. The molecule has 0 aromatic carbocycles. The van der Waals surface area contributed by atoms with E-state index in [1.54, 1.807) is 4.72 Å². The van der Waals surface area contributed by atoms with Crippen LogP contribution in [0.4, 0.5) is 0 Å². The van der Waals surface area contributed by atoms with Gasteiger partial charge in [0.25, 0.3) is 0 Å². The van der Waals surface area contributed by atoms with Gasteiger partial charge in [0, 0.05) is 6.61 Å². The molecule has 10 heteroatoms. The Morgan fingerprint density at radius 1 is 1.08 bits per heavy atom. The highest BCUT2D eigenvalue weighted by molar-refractivity contribution is 7.83. The Labute approximate surface area is 142 Å². The lowest BCUT2D eigenvalue weighted by atomic mass is 9.98. The van der Waals surface area contributed by atoms with E-state index in [0.717, 1.165) is 32.1 Å². The second-order valence-corrected chi connectivity index (χ2v) is 7.15. The number of nitrogens with one attached hydrogen (secondary N) is 1. The Balaban J connectivity index is 2.54. The number of rotatable bonds is 11. The molecule has 0 unspecified atom stereocenters. The summed E-state index contributed by atoms with van der Waals surface area (Å²) >= 11 is 0. The minimum atomic E-state index is -4.63. The molecule has 0 aromatic rings. The van der Waals surface area contributed by atoms with Gasteiger partial charge in [0.1, 0.15) is 24.4 Å². The Bertz CT molecular complexity index is 446. The fourth-order valence-electron chi connectivity index (χ4n) is 2.60. The smallest absolute Gasteiger partial charge is 0.333 e. The highest BCUT2D eigenvalue weighted by Crippen LogP contribution is 2.23. The molecule has 144 valence electrons. The van der Waals surface area contributed by atoms with Gasteiger partial charge in [-0.15, -0.1) is 0 Å². The molecule has 0 bridgehead atoms. The van der Waals surface area contributed by atoms with E-state index in [-0.39, 0.29) is 6.61 Å². The first-order valence-electron chi connectivity index (χ1n) is 8.29. The van der Waals surface area contributed by atoms with Crippen LogP contribution in [0, 0.1) is 0 Å². The molecule has 1 aliphatic rings. The van der Waals surface area contributed by atoms with Crippen LogP contribution in [-0.2, 0) is 19.8 Å². The van der Waals surface area contributed by atoms with Crippen LogP contribution in [0.25, 0.3) is 0 Å².